The van der Waals surface area contributed by atoms with Crippen molar-refractivity contribution in [3.05, 3.63) is 23.8 Å². The molecule has 1 aliphatic carbocycles. The highest BCUT2D eigenvalue weighted by atomic mass is 16.5. The zero-order valence-electron chi connectivity index (χ0n) is 13.7. The predicted octanol–water partition coefficient (Wildman–Crippen LogP) is 3.88. The van der Waals surface area contributed by atoms with E-state index in [1.54, 1.807) is 0 Å². The number of aliphatic hydroxyl groups is 1. The van der Waals surface area contributed by atoms with Gasteiger partial charge in [-0.15, -0.1) is 0 Å². The van der Waals surface area contributed by atoms with Gasteiger partial charge in [0.2, 0.25) is 0 Å². The molecule has 0 heterocycles. The molecule has 0 aliphatic heterocycles. The summed E-state index contributed by atoms with van der Waals surface area (Å²) in [7, 11) is 0. The molecule has 3 atom stereocenters. The molecule has 0 aromatic heterocycles. The van der Waals surface area contributed by atoms with E-state index in [0.29, 0.717) is 18.4 Å². The lowest BCUT2D eigenvalue weighted by Crippen LogP contribution is -2.18. The molecule has 0 radical (unpaired) electrons. The van der Waals surface area contributed by atoms with Crippen LogP contribution >= 0.6 is 0 Å². The second kappa shape index (κ2) is 9.78. The third-order valence-electron chi connectivity index (χ3n) is 4.48. The number of carbonyl (C=O) groups is 1. The van der Waals surface area contributed by atoms with Gasteiger partial charge in [0.05, 0.1) is 19.1 Å². The fraction of sp³-hybridized carbons (Fsp3) is 0.722. The Balaban J connectivity index is 2.47. The average Bonchev–Trinajstić information content (AvgIpc) is 2.73. The molecule has 0 spiro atoms. The summed E-state index contributed by atoms with van der Waals surface area (Å²) in [5.41, 5.74) is 1.11. The topological polar surface area (TPSA) is 46.5 Å². The van der Waals surface area contributed by atoms with Crippen molar-refractivity contribution in [1.29, 1.82) is 0 Å². The van der Waals surface area contributed by atoms with Crippen LogP contribution in [0.15, 0.2) is 23.8 Å². The van der Waals surface area contributed by atoms with E-state index in [1.807, 2.05) is 19.9 Å². The minimum absolute atomic E-state index is 0.0140. The number of aliphatic hydroxyl groups excluding tert-OH is 1. The van der Waals surface area contributed by atoms with Crippen molar-refractivity contribution in [2.75, 3.05) is 13.2 Å². The van der Waals surface area contributed by atoms with E-state index < -0.39 is 0 Å². The highest BCUT2D eigenvalue weighted by molar-refractivity contribution is 5.71. The summed E-state index contributed by atoms with van der Waals surface area (Å²) in [6.07, 6.45) is 11.5. The van der Waals surface area contributed by atoms with Crippen LogP contribution in [-0.2, 0) is 9.53 Å². The van der Waals surface area contributed by atoms with Crippen LogP contribution < -0.4 is 0 Å². The molecule has 120 valence electrons. The molecule has 1 rings (SSSR count). The van der Waals surface area contributed by atoms with Gasteiger partial charge in [-0.05, 0) is 50.0 Å². The molecule has 3 unspecified atom stereocenters. The van der Waals surface area contributed by atoms with Gasteiger partial charge in [0.25, 0.3) is 0 Å². The molecule has 0 amide bonds. The Kier molecular flexibility index (Phi) is 8.36. The van der Waals surface area contributed by atoms with Crippen LogP contribution in [0.1, 0.15) is 52.9 Å². The first kappa shape index (κ1) is 18.0. The van der Waals surface area contributed by atoms with Crippen LogP contribution in [0.3, 0.4) is 0 Å². The summed E-state index contributed by atoms with van der Waals surface area (Å²) in [4.78, 5) is 11.7. The summed E-state index contributed by atoms with van der Waals surface area (Å²) in [5.74, 6) is 1.06. The molecule has 0 aromatic rings. The zero-order chi connectivity index (χ0) is 15.7. The SMILES string of the molecule is CCOC(=O)C(C)CCC(CC)C1C=CC=C(CO)CC1. The minimum Gasteiger partial charge on any atom is -0.466 e. The van der Waals surface area contributed by atoms with Crippen LogP contribution in [0.2, 0.25) is 0 Å². The van der Waals surface area contributed by atoms with Gasteiger partial charge in [0, 0.05) is 0 Å². The standard InChI is InChI=1S/C18H30O3/c1-4-16(11-9-14(3)18(20)21-5-2)17-8-6-7-15(13-19)10-12-17/h6-8,14,16-17,19H,4-5,9-13H2,1-3H3. The Morgan fingerprint density at radius 2 is 2.19 bits per heavy atom. The third-order valence-corrected chi connectivity index (χ3v) is 4.48. The van der Waals surface area contributed by atoms with Crippen LogP contribution in [0.25, 0.3) is 0 Å². The molecule has 0 bridgehead atoms. The lowest BCUT2D eigenvalue weighted by molar-refractivity contribution is -0.147. The van der Waals surface area contributed by atoms with Gasteiger partial charge in [0.15, 0.2) is 0 Å². The lowest BCUT2D eigenvalue weighted by Gasteiger charge is -2.24. The molecular weight excluding hydrogens is 264 g/mol. The van der Waals surface area contributed by atoms with Gasteiger partial charge in [-0.3, -0.25) is 4.79 Å². The van der Waals surface area contributed by atoms with Gasteiger partial charge in [0.1, 0.15) is 0 Å². The van der Waals surface area contributed by atoms with E-state index in [1.165, 1.54) is 0 Å². The van der Waals surface area contributed by atoms with Crippen LogP contribution in [0.5, 0.6) is 0 Å². The number of ether oxygens (including phenoxy) is 1. The monoisotopic (exact) mass is 294 g/mol. The van der Waals surface area contributed by atoms with E-state index in [-0.39, 0.29) is 18.5 Å². The van der Waals surface area contributed by atoms with Crippen molar-refractivity contribution in [1.82, 2.24) is 0 Å². The molecular formula is C18H30O3. The zero-order valence-corrected chi connectivity index (χ0v) is 13.7. The number of hydrogen-bond acceptors (Lipinski definition) is 3. The maximum absolute atomic E-state index is 11.7. The molecule has 3 heteroatoms. The highest BCUT2D eigenvalue weighted by Gasteiger charge is 2.22. The van der Waals surface area contributed by atoms with Crippen molar-refractivity contribution < 1.29 is 14.6 Å². The van der Waals surface area contributed by atoms with Crippen molar-refractivity contribution in [3.8, 4) is 0 Å². The maximum Gasteiger partial charge on any atom is 0.308 e. The maximum atomic E-state index is 11.7. The Morgan fingerprint density at radius 3 is 2.81 bits per heavy atom. The van der Waals surface area contributed by atoms with Crippen molar-refractivity contribution >= 4 is 5.97 Å². The minimum atomic E-state index is -0.0759. The molecule has 0 saturated carbocycles. The average molecular weight is 294 g/mol. The first-order valence-electron chi connectivity index (χ1n) is 8.26. The predicted molar refractivity (Wildman–Crippen MR) is 85.8 cm³/mol. The number of hydrogen-bond donors (Lipinski definition) is 1. The van der Waals surface area contributed by atoms with Gasteiger partial charge < -0.3 is 9.84 Å². The fourth-order valence-corrected chi connectivity index (χ4v) is 2.98. The Labute approximate surface area is 129 Å². The highest BCUT2D eigenvalue weighted by Crippen LogP contribution is 2.31. The summed E-state index contributed by atoms with van der Waals surface area (Å²) >= 11 is 0. The van der Waals surface area contributed by atoms with Crippen LogP contribution in [0, 0.1) is 17.8 Å². The first-order chi connectivity index (χ1) is 10.1. The summed E-state index contributed by atoms with van der Waals surface area (Å²) in [6.45, 7) is 6.65. The van der Waals surface area contributed by atoms with Gasteiger partial charge in [-0.25, -0.2) is 0 Å². The normalized spacial score (nSPS) is 21.3. The molecule has 1 aliphatic rings. The van der Waals surface area contributed by atoms with Gasteiger partial charge in [-0.2, -0.15) is 0 Å². The summed E-state index contributed by atoms with van der Waals surface area (Å²) in [6, 6.07) is 0. The Hall–Kier alpha value is -1.09. The molecule has 3 nitrogen and oxygen atoms in total. The summed E-state index contributed by atoms with van der Waals surface area (Å²) in [5, 5.41) is 9.23. The number of allylic oxidation sites excluding steroid dienone is 3. The number of carbonyl (C=O) groups excluding carboxylic acids is 1. The van der Waals surface area contributed by atoms with Crippen molar-refractivity contribution in [2.45, 2.75) is 52.9 Å². The smallest absolute Gasteiger partial charge is 0.308 e. The van der Waals surface area contributed by atoms with Crippen molar-refractivity contribution in [2.24, 2.45) is 17.8 Å². The van der Waals surface area contributed by atoms with E-state index >= 15 is 0 Å². The van der Waals surface area contributed by atoms with Crippen LogP contribution in [0.4, 0.5) is 0 Å². The molecule has 21 heavy (non-hydrogen) atoms. The molecule has 0 aromatic carbocycles. The molecule has 1 N–H and O–H groups in total. The van der Waals surface area contributed by atoms with Gasteiger partial charge in [-0.1, -0.05) is 38.5 Å². The van der Waals surface area contributed by atoms with Gasteiger partial charge >= 0.3 is 5.97 Å². The summed E-state index contributed by atoms with van der Waals surface area (Å²) < 4.78 is 5.07. The Bertz CT molecular complexity index is 371. The second-order valence-corrected chi connectivity index (χ2v) is 5.97. The number of rotatable bonds is 8. The molecule has 0 fully saturated rings. The van der Waals surface area contributed by atoms with Crippen LogP contribution in [-0.4, -0.2) is 24.3 Å². The van der Waals surface area contributed by atoms with E-state index in [2.05, 4.69) is 19.1 Å². The number of esters is 1. The van der Waals surface area contributed by atoms with E-state index in [0.717, 1.165) is 37.7 Å². The fourth-order valence-electron chi connectivity index (χ4n) is 2.98. The third kappa shape index (κ3) is 6.04. The lowest BCUT2D eigenvalue weighted by atomic mass is 9.81. The Morgan fingerprint density at radius 1 is 1.43 bits per heavy atom. The quantitative estimate of drug-likeness (QED) is 0.691. The first-order valence-corrected chi connectivity index (χ1v) is 8.26. The van der Waals surface area contributed by atoms with E-state index in [4.69, 9.17) is 4.74 Å². The second-order valence-electron chi connectivity index (χ2n) is 5.97. The van der Waals surface area contributed by atoms with E-state index in [9.17, 15) is 9.90 Å². The largest absolute Gasteiger partial charge is 0.466 e. The van der Waals surface area contributed by atoms with Crippen molar-refractivity contribution in [3.63, 3.8) is 0 Å². The molecule has 0 saturated heterocycles.